The highest BCUT2D eigenvalue weighted by molar-refractivity contribution is 5.73. The van der Waals surface area contributed by atoms with Crippen molar-refractivity contribution in [1.29, 1.82) is 0 Å². The fourth-order valence-electron chi connectivity index (χ4n) is 0.618. The molecule has 0 aromatic carbocycles. The zero-order valence-electron chi connectivity index (χ0n) is 4.96. The maximum Gasteiger partial charge on any atom is 0.242 e. The van der Waals surface area contributed by atoms with Gasteiger partial charge in [0, 0.05) is 12.2 Å². The topological polar surface area (TPSA) is 14.1 Å². The van der Waals surface area contributed by atoms with Gasteiger partial charge in [-0.25, -0.2) is 0 Å². The van der Waals surface area contributed by atoms with Crippen molar-refractivity contribution in [2.24, 2.45) is 0 Å². The first-order chi connectivity index (χ1) is 3.93. The molecule has 0 amide bonds. The van der Waals surface area contributed by atoms with Gasteiger partial charge in [0.05, 0.1) is 4.99 Å². The summed E-state index contributed by atoms with van der Waals surface area (Å²) in [7, 11) is 0. The Balaban J connectivity index is 2.68. The summed E-state index contributed by atoms with van der Waals surface area (Å²) in [6.45, 7) is 2.13. The molecule has 0 saturated carbocycles. The summed E-state index contributed by atoms with van der Waals surface area (Å²) in [5, 5.41) is 0. The molecule has 0 aromatic heterocycles. The van der Waals surface area contributed by atoms with Gasteiger partial charge >= 0.3 is 0 Å². The van der Waals surface area contributed by atoms with Gasteiger partial charge in [-0.3, -0.25) is 0 Å². The Bertz CT molecular complexity index is 152. The second kappa shape index (κ2) is 2.46. The molecule has 0 aliphatic carbocycles. The van der Waals surface area contributed by atoms with E-state index in [9.17, 15) is 0 Å². The molecule has 0 aromatic rings. The molecule has 1 rings (SSSR count). The number of hydrogen-bond acceptors (Lipinski definition) is 1. The molecular formula is C7H9N+. The minimum atomic E-state index is 1.10. The van der Waals surface area contributed by atoms with E-state index in [0.29, 0.717) is 0 Å². The van der Waals surface area contributed by atoms with E-state index in [1.165, 1.54) is 5.57 Å². The van der Waals surface area contributed by atoms with Crippen molar-refractivity contribution in [2.45, 2.75) is 13.3 Å². The molecule has 1 heteroatoms. The van der Waals surface area contributed by atoms with Crippen LogP contribution in [0, 0.1) is 0 Å². The first kappa shape index (κ1) is 5.29. The maximum atomic E-state index is 3.89. The summed E-state index contributed by atoms with van der Waals surface area (Å²) >= 11 is 0. The molecule has 8 heavy (non-hydrogen) atoms. The minimum absolute atomic E-state index is 1.10. The highest BCUT2D eigenvalue weighted by atomic mass is 14.7. The fourth-order valence-corrected chi connectivity index (χ4v) is 0.618. The van der Waals surface area contributed by atoms with Gasteiger partial charge in [0.2, 0.25) is 12.4 Å². The van der Waals surface area contributed by atoms with Gasteiger partial charge in [0.15, 0.2) is 0 Å². The molecule has 0 fully saturated rings. The van der Waals surface area contributed by atoms with E-state index in [4.69, 9.17) is 0 Å². The zero-order chi connectivity index (χ0) is 5.82. The fraction of sp³-hybridized carbons (Fsp3) is 0.286. The van der Waals surface area contributed by atoms with Crippen LogP contribution in [0.5, 0.6) is 0 Å². The average Bonchev–Trinajstić information content (AvgIpc) is 1.90. The SMILES string of the molecule is CCC1=CC=[N+]C=C1. The lowest BCUT2D eigenvalue weighted by Crippen LogP contribution is -1.87. The van der Waals surface area contributed by atoms with Crippen molar-refractivity contribution >= 4 is 6.21 Å². The van der Waals surface area contributed by atoms with E-state index >= 15 is 0 Å². The molecule has 0 bridgehead atoms. The van der Waals surface area contributed by atoms with Gasteiger partial charge in [-0.2, -0.15) is 0 Å². The number of hydrogen-bond donors (Lipinski definition) is 0. The average molecular weight is 107 g/mol. The Labute approximate surface area is 49.4 Å². The van der Waals surface area contributed by atoms with E-state index in [0.717, 1.165) is 6.42 Å². The van der Waals surface area contributed by atoms with Crippen LogP contribution in [0.3, 0.4) is 0 Å². The lowest BCUT2D eigenvalue weighted by atomic mass is 10.2. The van der Waals surface area contributed by atoms with Crippen molar-refractivity contribution in [2.75, 3.05) is 0 Å². The monoisotopic (exact) mass is 107 g/mol. The van der Waals surface area contributed by atoms with E-state index in [1.54, 1.807) is 0 Å². The van der Waals surface area contributed by atoms with Gasteiger partial charge < -0.3 is 0 Å². The number of aliphatic imine (C=N–C) groups is 1. The second-order valence-electron chi connectivity index (χ2n) is 1.71. The third kappa shape index (κ3) is 1.06. The summed E-state index contributed by atoms with van der Waals surface area (Å²) in [4.78, 5) is 3.89. The van der Waals surface area contributed by atoms with Crippen molar-refractivity contribution < 1.29 is 0 Å². The Morgan fingerprint density at radius 3 is 2.88 bits per heavy atom. The summed E-state index contributed by atoms with van der Waals surface area (Å²) < 4.78 is 0. The zero-order valence-corrected chi connectivity index (χ0v) is 4.96. The Morgan fingerprint density at radius 2 is 2.50 bits per heavy atom. The summed E-state index contributed by atoms with van der Waals surface area (Å²) in [5.41, 5.74) is 1.35. The number of rotatable bonds is 1. The van der Waals surface area contributed by atoms with Crippen LogP contribution in [-0.4, -0.2) is 6.21 Å². The lowest BCUT2D eigenvalue weighted by molar-refractivity contribution is 1.14. The van der Waals surface area contributed by atoms with Crippen molar-refractivity contribution in [3.8, 4) is 0 Å². The molecule has 0 atom stereocenters. The smallest absolute Gasteiger partial charge is 0.0613 e. The summed E-state index contributed by atoms with van der Waals surface area (Å²) in [5.74, 6) is 0. The Kier molecular flexibility index (Phi) is 1.62. The highest BCUT2D eigenvalue weighted by Gasteiger charge is 1.94. The molecule has 41 valence electrons. The van der Waals surface area contributed by atoms with Gasteiger partial charge in [0.1, 0.15) is 0 Å². The second-order valence-corrected chi connectivity index (χ2v) is 1.71. The standard InChI is InChI=1S/C7H9N/c1-2-7-3-5-8-6-4-7/h3-6H,2H2,1H3/q+1. The molecule has 0 saturated heterocycles. The van der Waals surface area contributed by atoms with E-state index < -0.39 is 0 Å². The molecule has 1 aliphatic heterocycles. The third-order valence-electron chi connectivity index (χ3n) is 1.16. The van der Waals surface area contributed by atoms with Crippen LogP contribution in [0.4, 0.5) is 0 Å². The third-order valence-corrected chi connectivity index (χ3v) is 1.16. The summed E-state index contributed by atoms with van der Waals surface area (Å²) in [6.07, 6.45) is 8.79. The van der Waals surface area contributed by atoms with Crippen molar-refractivity contribution in [3.63, 3.8) is 0 Å². The molecule has 0 N–H and O–H groups in total. The molecule has 1 aliphatic rings. The predicted molar refractivity (Wildman–Crippen MR) is 35.7 cm³/mol. The Morgan fingerprint density at radius 1 is 1.62 bits per heavy atom. The van der Waals surface area contributed by atoms with Gasteiger partial charge in [-0.15, -0.1) is 0 Å². The number of nitrogens with zero attached hydrogens (tertiary/aromatic N) is 1. The lowest BCUT2D eigenvalue weighted by Gasteiger charge is -1.88. The van der Waals surface area contributed by atoms with Crippen LogP contribution in [0.1, 0.15) is 13.3 Å². The van der Waals surface area contributed by atoms with Crippen LogP contribution >= 0.6 is 0 Å². The van der Waals surface area contributed by atoms with Crippen LogP contribution in [0.2, 0.25) is 0 Å². The molecule has 0 unspecified atom stereocenters. The Hall–Kier alpha value is -0.850. The van der Waals surface area contributed by atoms with Gasteiger partial charge in [-0.1, -0.05) is 6.92 Å². The van der Waals surface area contributed by atoms with E-state index in [2.05, 4.69) is 11.9 Å². The molecule has 1 radical (unpaired) electrons. The van der Waals surface area contributed by atoms with Crippen LogP contribution in [-0.2, 0) is 0 Å². The van der Waals surface area contributed by atoms with Crippen LogP contribution in [0.25, 0.3) is 0 Å². The van der Waals surface area contributed by atoms with E-state index in [1.807, 2.05) is 24.6 Å². The first-order valence-corrected chi connectivity index (χ1v) is 2.82. The molecular weight excluding hydrogens is 98.1 g/mol. The molecule has 1 heterocycles. The van der Waals surface area contributed by atoms with Crippen molar-refractivity contribution in [1.82, 2.24) is 4.99 Å². The van der Waals surface area contributed by atoms with Gasteiger partial charge in [-0.05, 0) is 12.0 Å². The van der Waals surface area contributed by atoms with Crippen molar-refractivity contribution in [3.05, 3.63) is 23.9 Å². The molecule has 0 spiro atoms. The first-order valence-electron chi connectivity index (χ1n) is 2.82. The normalized spacial score (nSPS) is 16.4. The van der Waals surface area contributed by atoms with Crippen LogP contribution < -0.4 is 4.99 Å². The van der Waals surface area contributed by atoms with Gasteiger partial charge in [0.25, 0.3) is 0 Å². The van der Waals surface area contributed by atoms with E-state index in [-0.39, 0.29) is 0 Å². The molecule has 1 nitrogen and oxygen atoms in total. The van der Waals surface area contributed by atoms with Crippen LogP contribution in [0.15, 0.2) is 23.9 Å². The highest BCUT2D eigenvalue weighted by Crippen LogP contribution is 2.01. The minimum Gasteiger partial charge on any atom is -0.0613 e. The quantitative estimate of drug-likeness (QED) is 0.479. The summed E-state index contributed by atoms with van der Waals surface area (Å²) in [6, 6.07) is 0. The number of allylic oxidation sites excluding steroid dienone is 3. The largest absolute Gasteiger partial charge is 0.242 e. The maximum absolute atomic E-state index is 3.89. The predicted octanol–water partition coefficient (Wildman–Crippen LogP) is 1.26.